The average molecular weight is 526 g/mol. The van der Waals surface area contributed by atoms with Gasteiger partial charge in [0.05, 0.1) is 18.2 Å². The van der Waals surface area contributed by atoms with Gasteiger partial charge in [-0.2, -0.15) is 11.3 Å². The summed E-state index contributed by atoms with van der Waals surface area (Å²) < 4.78 is 10.8. The van der Waals surface area contributed by atoms with E-state index in [4.69, 9.17) is 9.47 Å². The summed E-state index contributed by atoms with van der Waals surface area (Å²) in [5.74, 6) is -1.32. The summed E-state index contributed by atoms with van der Waals surface area (Å²) in [5, 5.41) is 16.7. The predicted molar refractivity (Wildman–Crippen MR) is 148 cm³/mol. The van der Waals surface area contributed by atoms with Gasteiger partial charge < -0.3 is 19.9 Å². The number of carbonyl (C=O) groups is 3. The van der Waals surface area contributed by atoms with Crippen molar-refractivity contribution in [1.82, 2.24) is 5.32 Å². The number of methoxy groups -OCH3 is 1. The van der Waals surface area contributed by atoms with E-state index in [2.05, 4.69) is 5.32 Å². The lowest BCUT2D eigenvalue weighted by atomic mass is 9.90. The molecule has 2 heterocycles. The van der Waals surface area contributed by atoms with E-state index in [1.54, 1.807) is 24.3 Å². The molecule has 1 amide bonds. The molecule has 4 rings (SSSR count). The molecule has 0 aliphatic carbocycles. The molecule has 0 radical (unpaired) electrons. The lowest BCUT2D eigenvalue weighted by Crippen LogP contribution is -2.27. The second kappa shape index (κ2) is 13.6. The number of benzene rings is 2. The van der Waals surface area contributed by atoms with Crippen LogP contribution in [0.2, 0.25) is 0 Å². The number of hydrogen-bond acceptors (Lipinski definition) is 6. The Morgan fingerprint density at radius 2 is 1.68 bits per heavy atom. The van der Waals surface area contributed by atoms with Crippen molar-refractivity contribution in [3.8, 4) is 28.0 Å². The maximum Gasteiger partial charge on any atom is 0.338 e. The van der Waals surface area contributed by atoms with Gasteiger partial charge in [0, 0.05) is 34.4 Å². The highest BCUT2D eigenvalue weighted by molar-refractivity contribution is 7.08. The first-order chi connectivity index (χ1) is 17.8. The fourth-order valence-electron chi connectivity index (χ4n) is 3.73. The molecule has 2 N–H and O–H groups in total. The maximum atomic E-state index is 12.6. The van der Waals surface area contributed by atoms with Crippen LogP contribution in [0, 0.1) is 5.92 Å². The number of carbonyl (C=O) groups excluding carboxylic acids is 2. The number of hydrogen-bond donors (Lipinski definition) is 2. The molecular weight excluding hydrogens is 490 g/mol. The van der Waals surface area contributed by atoms with Crippen LogP contribution in [0.5, 0.6) is 5.75 Å². The quantitative estimate of drug-likeness (QED) is 0.340. The summed E-state index contributed by atoms with van der Waals surface area (Å²) >= 11 is 1.53. The normalized spacial score (nSPS) is 10.9. The van der Waals surface area contributed by atoms with Crippen LogP contribution in [-0.4, -0.2) is 36.6 Å². The highest BCUT2D eigenvalue weighted by Gasteiger charge is 2.26. The molecule has 2 aromatic carbocycles. The largest absolute Gasteiger partial charge is 0.488 e. The van der Waals surface area contributed by atoms with Crippen molar-refractivity contribution in [2.24, 2.45) is 5.92 Å². The molecule has 0 atom stereocenters. The number of thiophene rings is 1. The molecule has 0 spiro atoms. The fraction of sp³-hybridized carbons (Fsp3) is 0.345. The highest BCUT2D eigenvalue weighted by Crippen LogP contribution is 2.43. The fourth-order valence-corrected chi connectivity index (χ4v) is 4.58. The summed E-state index contributed by atoms with van der Waals surface area (Å²) in [7, 11) is 1.24. The van der Waals surface area contributed by atoms with Gasteiger partial charge in [-0.15, -0.1) is 0 Å². The van der Waals surface area contributed by atoms with Gasteiger partial charge in [0.2, 0.25) is 0 Å². The van der Waals surface area contributed by atoms with Crippen LogP contribution in [0.1, 0.15) is 78.2 Å². The molecule has 1 aliphatic heterocycles. The summed E-state index contributed by atoms with van der Waals surface area (Å²) in [6.07, 6.45) is 0. The summed E-state index contributed by atoms with van der Waals surface area (Å²) in [6.45, 7) is 12.8. The van der Waals surface area contributed by atoms with Gasteiger partial charge >= 0.3 is 11.9 Å². The smallest absolute Gasteiger partial charge is 0.338 e. The van der Waals surface area contributed by atoms with Crippen LogP contribution in [0.3, 0.4) is 0 Å². The summed E-state index contributed by atoms with van der Waals surface area (Å²) in [5.41, 5.74) is 3.72. The molecule has 8 heteroatoms. The first-order valence-electron chi connectivity index (χ1n) is 12.4. The first-order valence-corrected chi connectivity index (χ1v) is 13.3. The van der Waals surface area contributed by atoms with Crippen molar-refractivity contribution >= 4 is 29.2 Å². The van der Waals surface area contributed by atoms with Crippen molar-refractivity contribution in [3.63, 3.8) is 0 Å². The van der Waals surface area contributed by atoms with E-state index in [1.807, 2.05) is 52.3 Å². The van der Waals surface area contributed by atoms with Crippen molar-refractivity contribution in [3.05, 3.63) is 63.3 Å². The Bertz CT molecular complexity index is 1260. The Morgan fingerprint density at radius 3 is 2.30 bits per heavy atom. The van der Waals surface area contributed by atoms with Crippen molar-refractivity contribution in [2.45, 2.75) is 48.1 Å². The molecule has 0 bridgehead atoms. The second-order valence-corrected chi connectivity index (χ2v) is 8.90. The Balaban J connectivity index is 0.00000115. The summed E-state index contributed by atoms with van der Waals surface area (Å²) in [6, 6.07) is 7.78. The Morgan fingerprint density at radius 1 is 0.973 bits per heavy atom. The van der Waals surface area contributed by atoms with E-state index in [1.165, 1.54) is 24.5 Å². The van der Waals surface area contributed by atoms with Gasteiger partial charge in [0.25, 0.3) is 5.91 Å². The van der Waals surface area contributed by atoms with Crippen LogP contribution in [0.25, 0.3) is 22.3 Å². The zero-order chi connectivity index (χ0) is 27.7. The van der Waals surface area contributed by atoms with Gasteiger partial charge in [-0.25, -0.2) is 9.59 Å². The minimum Gasteiger partial charge on any atom is -0.488 e. The third-order valence-corrected chi connectivity index (χ3v) is 6.21. The third-order valence-electron chi connectivity index (χ3n) is 5.41. The predicted octanol–water partition coefficient (Wildman–Crippen LogP) is 6.90. The van der Waals surface area contributed by atoms with E-state index in [9.17, 15) is 19.5 Å². The highest BCUT2D eigenvalue weighted by atomic mass is 32.1. The van der Waals surface area contributed by atoms with E-state index in [0.29, 0.717) is 35.6 Å². The zero-order valence-corrected chi connectivity index (χ0v) is 23.2. The standard InChI is InChI=1S/C25H23NO6S.2C2H6/c1-13(2)9-26-23(27)14-4-5-16(20(6-14)25(30)31-3)17-8-22-18(7-19(17)24(28)29)21-12-33-11-15(21)10-32-22;2*1-2/h4-8,11-13H,9-10H2,1-3H3,(H,26,27)(H,28,29);2*1-2H3. The van der Waals surface area contributed by atoms with Crippen molar-refractivity contribution < 1.29 is 29.0 Å². The minimum absolute atomic E-state index is 0.0264. The maximum absolute atomic E-state index is 12.6. The number of nitrogens with one attached hydrogen (secondary N) is 1. The molecule has 1 aromatic heterocycles. The average Bonchev–Trinajstić information content (AvgIpc) is 3.42. The number of amides is 1. The third kappa shape index (κ3) is 6.57. The van der Waals surface area contributed by atoms with E-state index >= 15 is 0 Å². The second-order valence-electron chi connectivity index (χ2n) is 8.15. The van der Waals surface area contributed by atoms with E-state index < -0.39 is 11.9 Å². The lowest BCUT2D eigenvalue weighted by Gasteiger charge is -2.21. The van der Waals surface area contributed by atoms with Gasteiger partial charge in [0.1, 0.15) is 12.4 Å². The Labute approximate surface area is 222 Å². The number of aromatic carboxylic acids is 1. The molecule has 0 saturated carbocycles. The Kier molecular flexibility index (Phi) is 10.9. The molecule has 37 heavy (non-hydrogen) atoms. The van der Waals surface area contributed by atoms with Crippen LogP contribution in [-0.2, 0) is 11.3 Å². The van der Waals surface area contributed by atoms with Crippen LogP contribution >= 0.6 is 11.3 Å². The molecule has 198 valence electrons. The van der Waals surface area contributed by atoms with E-state index in [0.717, 1.165) is 11.1 Å². The number of rotatable bonds is 6. The molecule has 7 nitrogen and oxygen atoms in total. The molecule has 0 saturated heterocycles. The van der Waals surface area contributed by atoms with Gasteiger partial charge in [-0.05, 0) is 46.5 Å². The number of carboxylic acids is 1. The number of fused-ring (bicyclic) bond motifs is 3. The lowest BCUT2D eigenvalue weighted by molar-refractivity contribution is 0.0600. The SMILES string of the molecule is CC.CC.COC(=O)c1cc(C(=O)NCC(C)C)ccc1-c1cc2c(cc1C(=O)O)-c1cscc1CO2. The van der Waals surface area contributed by atoms with Gasteiger partial charge in [-0.1, -0.05) is 47.6 Å². The monoisotopic (exact) mass is 525 g/mol. The Hall–Kier alpha value is -3.65. The van der Waals surface area contributed by atoms with E-state index in [-0.39, 0.29) is 28.5 Å². The molecule has 0 unspecified atom stereocenters. The summed E-state index contributed by atoms with van der Waals surface area (Å²) in [4.78, 5) is 37.3. The number of ether oxygens (including phenoxy) is 2. The topological polar surface area (TPSA) is 102 Å². The van der Waals surface area contributed by atoms with Gasteiger partial charge in [0.15, 0.2) is 0 Å². The molecular formula is C29H35NO6S. The number of carboxylic acid groups (broad SMARTS) is 1. The van der Waals surface area contributed by atoms with Crippen molar-refractivity contribution in [1.29, 1.82) is 0 Å². The van der Waals surface area contributed by atoms with Crippen LogP contribution < -0.4 is 10.1 Å². The van der Waals surface area contributed by atoms with Gasteiger partial charge in [-0.3, -0.25) is 4.79 Å². The molecule has 1 aliphatic rings. The minimum atomic E-state index is -1.13. The van der Waals surface area contributed by atoms with Crippen molar-refractivity contribution in [2.75, 3.05) is 13.7 Å². The van der Waals surface area contributed by atoms with Crippen LogP contribution in [0.15, 0.2) is 41.1 Å². The molecule has 0 fully saturated rings. The zero-order valence-electron chi connectivity index (χ0n) is 22.4. The first kappa shape index (κ1) is 29.6. The number of esters is 1. The van der Waals surface area contributed by atoms with Crippen LogP contribution in [0.4, 0.5) is 0 Å². The molecule has 3 aromatic rings.